The van der Waals surface area contributed by atoms with Crippen LogP contribution >= 0.6 is 0 Å². The Morgan fingerprint density at radius 1 is 0.826 bits per heavy atom. The molecule has 4 aliphatic rings. The van der Waals surface area contributed by atoms with Gasteiger partial charge in [0.05, 0.1) is 12.5 Å². The minimum absolute atomic E-state index is 0.0530. The first-order valence-electron chi connectivity index (χ1n) is 31.5. The number of nitrogens with two attached hydrogens (primary N) is 1. The molecule has 92 heavy (non-hydrogen) atoms. The number of nitrogens with one attached hydrogen (secondary N) is 4. The summed E-state index contributed by atoms with van der Waals surface area (Å²) in [4.78, 5) is 137. The smallest absolute Gasteiger partial charge is 0.410 e. The van der Waals surface area contributed by atoms with Crippen molar-refractivity contribution in [1.82, 2.24) is 45.3 Å². The summed E-state index contributed by atoms with van der Waals surface area (Å²) < 4.78 is 34.6. The number of aliphatic hydroxyl groups is 1. The van der Waals surface area contributed by atoms with E-state index in [4.69, 9.17) is 19.9 Å². The number of primary amides is 1. The molecule has 4 aliphatic heterocycles. The van der Waals surface area contributed by atoms with E-state index in [-0.39, 0.29) is 120 Å². The van der Waals surface area contributed by atoms with E-state index < -0.39 is 78.1 Å². The third kappa shape index (κ3) is 21.5. The number of ether oxygens (including phenoxy) is 3. The maximum atomic E-state index is 15.3. The first-order valence-corrected chi connectivity index (χ1v) is 31.5. The second-order valence-electron chi connectivity index (χ2n) is 24.1. The highest BCUT2D eigenvalue weighted by Gasteiger charge is 2.33. The Morgan fingerprint density at radius 2 is 1.51 bits per heavy atom. The quantitative estimate of drug-likeness (QED) is 0.0226. The predicted octanol–water partition coefficient (Wildman–Crippen LogP) is 5.02. The molecular formula is C65H87FN12O14. The van der Waals surface area contributed by atoms with Crippen molar-refractivity contribution in [2.45, 2.75) is 136 Å². The van der Waals surface area contributed by atoms with Crippen LogP contribution in [0.4, 0.5) is 30.1 Å². The van der Waals surface area contributed by atoms with Crippen molar-refractivity contribution in [2.24, 2.45) is 23.5 Å². The summed E-state index contributed by atoms with van der Waals surface area (Å²) in [5, 5.41) is 25.8. The van der Waals surface area contributed by atoms with Crippen LogP contribution in [0.1, 0.15) is 104 Å². The van der Waals surface area contributed by atoms with Crippen molar-refractivity contribution in [3.05, 3.63) is 108 Å². The second kappa shape index (κ2) is 34.3. The number of anilines is 2. The molecule has 498 valence electrons. The third-order valence-electron chi connectivity index (χ3n) is 16.5. The number of hydrogen-bond donors (Lipinski definition) is 6. The number of rotatable bonds is 24. The van der Waals surface area contributed by atoms with E-state index in [2.05, 4.69) is 26.4 Å². The molecule has 27 heteroatoms. The molecule has 1 aromatic heterocycles. The number of carbonyl (C=O) groups is 10. The van der Waals surface area contributed by atoms with E-state index in [1.807, 2.05) is 30.9 Å². The lowest BCUT2D eigenvalue weighted by molar-refractivity contribution is -0.151. The van der Waals surface area contributed by atoms with Crippen molar-refractivity contribution < 1.29 is 71.7 Å². The molecule has 2 saturated heterocycles. The van der Waals surface area contributed by atoms with Gasteiger partial charge >= 0.3 is 24.2 Å². The second-order valence-corrected chi connectivity index (χ2v) is 24.1. The molecule has 0 saturated carbocycles. The number of nitrogens with zero attached hydrogens (tertiary/aromatic N) is 7. The summed E-state index contributed by atoms with van der Waals surface area (Å²) in [6.45, 7) is 12.0. The lowest BCUT2D eigenvalue weighted by atomic mass is 9.91. The van der Waals surface area contributed by atoms with Gasteiger partial charge in [-0.15, -0.1) is 0 Å². The van der Waals surface area contributed by atoms with Gasteiger partial charge in [-0.25, -0.2) is 18.8 Å². The summed E-state index contributed by atoms with van der Waals surface area (Å²) >= 11 is 0. The van der Waals surface area contributed by atoms with E-state index in [0.717, 1.165) is 4.90 Å². The Labute approximate surface area is 535 Å². The number of piperazine rings is 2. The normalized spacial score (nSPS) is 20.9. The average molecular weight is 1280 g/mol. The minimum Gasteiger partial charge on any atom is -0.457 e. The van der Waals surface area contributed by atoms with Crippen LogP contribution in [0.3, 0.4) is 0 Å². The fraction of sp³-hybridized carbons (Fsp3) is 0.523. The maximum absolute atomic E-state index is 15.3. The highest BCUT2D eigenvalue weighted by Crippen LogP contribution is 2.28. The molecule has 7 atom stereocenters. The highest BCUT2D eigenvalue weighted by atomic mass is 19.1. The Kier molecular flexibility index (Phi) is 26.2. The van der Waals surface area contributed by atoms with Crippen molar-refractivity contribution in [3.8, 4) is 0 Å². The Balaban J connectivity index is 0.877. The molecule has 2 fully saturated rings. The number of aliphatic hydroxyl groups excluding tert-OH is 1. The fourth-order valence-corrected chi connectivity index (χ4v) is 11.1. The van der Waals surface area contributed by atoms with Gasteiger partial charge in [-0.1, -0.05) is 58.4 Å². The third-order valence-corrected chi connectivity index (χ3v) is 16.5. The van der Waals surface area contributed by atoms with Crippen LogP contribution in [0, 0.1) is 23.6 Å². The molecule has 0 unspecified atom stereocenters. The lowest BCUT2D eigenvalue weighted by Crippen LogP contribution is -2.54. The van der Waals surface area contributed by atoms with Gasteiger partial charge in [0.1, 0.15) is 43.3 Å². The van der Waals surface area contributed by atoms with Gasteiger partial charge in [0.15, 0.2) is 0 Å². The highest BCUT2D eigenvalue weighted by molar-refractivity contribution is 6.12. The number of aromatic nitrogens is 2. The molecule has 0 spiro atoms. The molecule has 10 amide bonds. The van der Waals surface area contributed by atoms with Crippen molar-refractivity contribution in [1.29, 1.82) is 0 Å². The molecule has 0 aliphatic carbocycles. The van der Waals surface area contributed by atoms with Crippen molar-refractivity contribution >= 4 is 77.1 Å². The summed E-state index contributed by atoms with van der Waals surface area (Å²) in [6.07, 6.45) is 9.74. The first-order chi connectivity index (χ1) is 44.0. The molecule has 5 heterocycles. The van der Waals surface area contributed by atoms with E-state index in [9.17, 15) is 53.1 Å². The van der Waals surface area contributed by atoms with E-state index in [1.165, 1.54) is 34.1 Å². The Morgan fingerprint density at radius 3 is 2.17 bits per heavy atom. The van der Waals surface area contributed by atoms with Crippen LogP contribution in [-0.2, 0) is 60.9 Å². The molecule has 0 bridgehead atoms. The number of amides is 10. The number of hydrogen-bond acceptors (Lipinski definition) is 16. The van der Waals surface area contributed by atoms with Crippen LogP contribution in [0.5, 0.6) is 0 Å². The number of halogens is 1. The molecule has 7 N–H and O–H groups in total. The van der Waals surface area contributed by atoms with Gasteiger partial charge in [0.2, 0.25) is 23.6 Å². The summed E-state index contributed by atoms with van der Waals surface area (Å²) in [6, 6.07) is 10.1. The molecular weight excluding hydrogens is 1190 g/mol. The minimum atomic E-state index is -1.09. The predicted molar refractivity (Wildman–Crippen MR) is 337 cm³/mol. The maximum Gasteiger partial charge on any atom is 0.410 e. The standard InChI is InChI=1S/C65H87FN12O14/c1-42(2)59(72-54(80)12-7-6-8-26-78-55(81)21-22-56(78)82)62(86)71-52(11-9-23-68-63(67)87)61(85)70-49-17-15-46(16-18-49)41-90-64(88)75-31-33-76(34-32-75)65(89)91-53-20-14-44(4)60(92-58(84)39-51(79)19-13-43(53)3)45(5)35-47-36-48(66)38-50(37-47)73-27-29-74(30-28-73)57(83)40-77-25-10-24-69-77/h10,14-18,20-22,24-25,35-38,42-44,51-53,59-60,79H,6-9,11-13,19,23,26-34,39-41H2,1-5H3,(H,70,85)(H,71,86)(H,72,80)(H3,67,68,87)/b20-14+,45-35+/t43-,44-,51+,52-,53-,59-,60-/m0/s1. The lowest BCUT2D eigenvalue weighted by Gasteiger charge is -2.36. The van der Waals surface area contributed by atoms with Crippen molar-refractivity contribution in [3.63, 3.8) is 0 Å². The SMILES string of the molecule is C/C(=C\c1cc(F)cc(N2CCN(C(=O)Cn3cccn3)CC2)c1)[C@H]1OC(=O)C[C@H](O)CC[C@H](C)[C@@H](OC(=O)N2CCN(C(=O)OCc3ccc(NC(=O)[C@H](CCCNC(N)=O)NC(=O)[C@@H](NC(=O)CCCCCN4C(=O)C=CC4=O)C(C)C)cc3)CC2)/C=C/[C@@H]1C. The zero-order valence-electron chi connectivity index (χ0n) is 53.0. The largest absolute Gasteiger partial charge is 0.457 e. The van der Waals surface area contributed by atoms with E-state index >= 15 is 4.39 Å². The zero-order chi connectivity index (χ0) is 66.4. The van der Waals surface area contributed by atoms with Crippen LogP contribution in [0.25, 0.3) is 6.08 Å². The zero-order valence-corrected chi connectivity index (χ0v) is 53.0. The average Bonchev–Trinajstić information content (AvgIpc) is 1.74. The number of esters is 1. The monoisotopic (exact) mass is 1280 g/mol. The Bertz CT molecular complexity index is 3140. The van der Waals surface area contributed by atoms with Crippen LogP contribution in [0.2, 0.25) is 0 Å². The number of unbranched alkanes of at least 4 members (excludes halogenated alkanes) is 2. The topological polar surface area (TPSA) is 327 Å². The van der Waals surface area contributed by atoms with Gasteiger partial charge in [-0.05, 0) is 116 Å². The van der Waals surface area contributed by atoms with Crippen LogP contribution < -0.4 is 31.9 Å². The van der Waals surface area contributed by atoms with Gasteiger partial charge in [-0.3, -0.25) is 43.1 Å². The van der Waals surface area contributed by atoms with E-state index in [0.29, 0.717) is 79.9 Å². The molecule has 3 aromatic rings. The van der Waals surface area contributed by atoms with Gasteiger partial charge in [0.25, 0.3) is 11.8 Å². The molecule has 0 radical (unpaired) electrons. The van der Waals surface area contributed by atoms with Gasteiger partial charge < -0.3 is 65.9 Å². The molecule has 26 nitrogen and oxygen atoms in total. The van der Waals surface area contributed by atoms with Crippen LogP contribution in [0.15, 0.2) is 90.8 Å². The number of carbonyl (C=O) groups excluding carboxylic acids is 10. The summed E-state index contributed by atoms with van der Waals surface area (Å²) in [5.41, 5.74) is 7.99. The first kappa shape index (κ1) is 70.3. The molecule has 2 aromatic carbocycles. The number of imide groups is 1. The number of cyclic esters (lactones) is 1. The Hall–Kier alpha value is -9.14. The summed E-state index contributed by atoms with van der Waals surface area (Å²) in [7, 11) is 0. The van der Waals surface area contributed by atoms with Crippen LogP contribution in [-0.4, -0.2) is 190 Å². The van der Waals surface area contributed by atoms with Gasteiger partial charge in [0, 0.05) is 114 Å². The fourth-order valence-electron chi connectivity index (χ4n) is 11.1. The summed E-state index contributed by atoms with van der Waals surface area (Å²) in [5.74, 6) is -4.47. The van der Waals surface area contributed by atoms with E-state index in [1.54, 1.807) is 85.2 Å². The molecule has 7 rings (SSSR count). The van der Waals surface area contributed by atoms with Gasteiger partial charge in [-0.2, -0.15) is 5.10 Å². The number of benzene rings is 2. The number of urea groups is 1. The van der Waals surface area contributed by atoms with Crippen molar-refractivity contribution in [2.75, 3.05) is 75.7 Å².